The Labute approximate surface area is 114 Å². The Morgan fingerprint density at radius 1 is 1.39 bits per heavy atom. The van der Waals surface area contributed by atoms with E-state index < -0.39 is 7.51 Å². The summed E-state index contributed by atoms with van der Waals surface area (Å²) < 4.78 is 12.3. The number of hydrogen-bond donors (Lipinski definition) is 1. The van der Waals surface area contributed by atoms with Gasteiger partial charge in [-0.2, -0.15) is 0 Å². The second-order valence-corrected chi connectivity index (χ2v) is 10.9. The number of nitrogens with one attached hydrogen (secondary N) is 1. The lowest BCUT2D eigenvalue weighted by Crippen LogP contribution is -2.38. The Balaban J connectivity index is 3.15. The number of hydrogen-bond acceptors (Lipinski definition) is 1. The van der Waals surface area contributed by atoms with Gasteiger partial charge < -0.3 is 0 Å². The molecule has 0 radical (unpaired) electrons. The van der Waals surface area contributed by atoms with Crippen molar-refractivity contribution in [1.82, 2.24) is 9.76 Å². The molecule has 0 bridgehead atoms. The number of nitrogens with zero attached hydrogens (tertiary/aromatic N) is 3. The highest BCUT2D eigenvalue weighted by Gasteiger charge is 2.31. The molecule has 1 aliphatic heterocycles. The summed E-state index contributed by atoms with van der Waals surface area (Å²) in [4.78, 5) is 0. The van der Waals surface area contributed by atoms with Crippen LogP contribution in [0, 0.1) is 0 Å². The average Bonchev–Trinajstić information content (AvgIpc) is 2.28. The van der Waals surface area contributed by atoms with Crippen LogP contribution >= 0.6 is 15.6 Å². The van der Waals surface area contributed by atoms with E-state index in [1.807, 2.05) is 0 Å². The van der Waals surface area contributed by atoms with Crippen LogP contribution in [-0.2, 0) is 0 Å². The van der Waals surface area contributed by atoms with E-state index in [1.165, 1.54) is 0 Å². The Hall–Kier alpha value is 0.250. The van der Waals surface area contributed by atoms with Gasteiger partial charge in [0.25, 0.3) is 0 Å². The third-order valence-corrected chi connectivity index (χ3v) is 8.85. The maximum Gasteiger partial charge on any atom is 0.212 e. The molecule has 0 aliphatic carbocycles. The van der Waals surface area contributed by atoms with Crippen molar-refractivity contribution in [2.45, 2.75) is 46.6 Å². The van der Waals surface area contributed by atoms with E-state index in [0.29, 0.717) is 0 Å². The minimum absolute atomic E-state index is 0.0443. The molecule has 0 amide bonds. The highest BCUT2D eigenvalue weighted by molar-refractivity contribution is 7.70. The van der Waals surface area contributed by atoms with Crippen LogP contribution in [0.4, 0.5) is 0 Å². The minimum atomic E-state index is -1.89. The standard InChI is InChI=1S/C12H28N4P2/c1-7-17(8-2)15-18(14-12(3,4)5)13-10-9-11-16(18)6/h10,14H,7-9,11H2,1-6H3. The minimum Gasteiger partial charge on any atom is -0.248 e. The Kier molecular flexibility index (Phi) is 5.99. The van der Waals surface area contributed by atoms with E-state index in [9.17, 15) is 0 Å². The summed E-state index contributed by atoms with van der Waals surface area (Å²) in [5.41, 5.74) is 0.0443. The van der Waals surface area contributed by atoms with Crippen molar-refractivity contribution in [3.05, 3.63) is 0 Å². The lowest BCUT2D eigenvalue weighted by molar-refractivity contribution is 0.479. The molecule has 106 valence electrons. The van der Waals surface area contributed by atoms with Crippen LogP contribution in [0.25, 0.3) is 0 Å². The molecule has 0 aromatic heterocycles. The van der Waals surface area contributed by atoms with Crippen molar-refractivity contribution < 1.29 is 0 Å². The lowest BCUT2D eigenvalue weighted by atomic mass is 10.1. The first kappa shape index (κ1) is 16.3. The molecular formula is C12H28N4P2. The summed E-state index contributed by atoms with van der Waals surface area (Å²) in [5, 5.41) is 3.71. The van der Waals surface area contributed by atoms with Crippen molar-refractivity contribution >= 4 is 21.8 Å². The molecule has 1 N–H and O–H groups in total. The van der Waals surface area contributed by atoms with Gasteiger partial charge in [-0.3, -0.25) is 0 Å². The van der Waals surface area contributed by atoms with Crippen molar-refractivity contribution in [2.24, 2.45) is 9.28 Å². The fraction of sp³-hybridized carbons (Fsp3) is 0.917. The summed E-state index contributed by atoms with van der Waals surface area (Å²) >= 11 is 0. The molecular weight excluding hydrogens is 262 g/mol. The first-order valence-corrected chi connectivity index (χ1v) is 10.1. The van der Waals surface area contributed by atoms with Crippen LogP contribution in [0.5, 0.6) is 0 Å². The molecule has 0 aromatic rings. The van der Waals surface area contributed by atoms with Gasteiger partial charge in [0.15, 0.2) is 0 Å². The van der Waals surface area contributed by atoms with E-state index in [2.05, 4.69) is 57.6 Å². The van der Waals surface area contributed by atoms with Gasteiger partial charge in [0.2, 0.25) is 7.51 Å². The maximum absolute atomic E-state index is 5.16. The van der Waals surface area contributed by atoms with Crippen LogP contribution < -0.4 is 5.09 Å². The molecule has 6 heteroatoms. The highest BCUT2D eigenvalue weighted by atomic mass is 31.2. The van der Waals surface area contributed by atoms with Gasteiger partial charge in [0, 0.05) is 26.4 Å². The van der Waals surface area contributed by atoms with Crippen molar-refractivity contribution in [3.8, 4) is 0 Å². The molecule has 1 unspecified atom stereocenters. The predicted octanol–water partition coefficient (Wildman–Crippen LogP) is 4.16. The summed E-state index contributed by atoms with van der Waals surface area (Å²) in [6, 6.07) is 0. The molecule has 1 rings (SSSR count). The Morgan fingerprint density at radius 3 is 2.44 bits per heavy atom. The molecule has 0 fully saturated rings. The molecule has 18 heavy (non-hydrogen) atoms. The van der Waals surface area contributed by atoms with E-state index in [4.69, 9.17) is 9.28 Å². The largest absolute Gasteiger partial charge is 0.248 e. The Morgan fingerprint density at radius 2 is 2.00 bits per heavy atom. The van der Waals surface area contributed by atoms with Crippen LogP contribution in [0.15, 0.2) is 9.28 Å². The Bertz CT molecular complexity index is 342. The molecule has 1 atom stereocenters. The normalized spacial score (nSPS) is 25.7. The third-order valence-electron chi connectivity index (χ3n) is 2.77. The lowest BCUT2D eigenvalue weighted by Gasteiger charge is -2.38. The SMILES string of the molecule is CCP(CC)N=P1(NC(C)(C)C)N=CCCN1C. The molecule has 4 nitrogen and oxygen atoms in total. The first-order chi connectivity index (χ1) is 8.33. The molecule has 1 heterocycles. The monoisotopic (exact) mass is 290 g/mol. The van der Waals surface area contributed by atoms with Gasteiger partial charge in [0.1, 0.15) is 0 Å². The summed E-state index contributed by atoms with van der Waals surface area (Å²) in [5.74, 6) is 0. The molecule has 0 spiro atoms. The fourth-order valence-corrected chi connectivity index (χ4v) is 7.67. The molecule has 0 saturated carbocycles. The zero-order valence-electron chi connectivity index (χ0n) is 12.6. The van der Waals surface area contributed by atoms with Gasteiger partial charge in [0.05, 0.1) is 0 Å². The van der Waals surface area contributed by atoms with Gasteiger partial charge >= 0.3 is 0 Å². The smallest absolute Gasteiger partial charge is 0.212 e. The molecule has 1 aliphatic rings. The zero-order chi connectivity index (χ0) is 13.8. The van der Waals surface area contributed by atoms with Crippen molar-refractivity contribution in [1.29, 1.82) is 0 Å². The van der Waals surface area contributed by atoms with Gasteiger partial charge in [-0.25, -0.2) is 19.0 Å². The van der Waals surface area contributed by atoms with Gasteiger partial charge in [-0.1, -0.05) is 13.8 Å². The second-order valence-electron chi connectivity index (χ2n) is 5.63. The van der Waals surface area contributed by atoms with Gasteiger partial charge in [-0.05, 0) is 46.6 Å². The molecule has 0 aromatic carbocycles. The van der Waals surface area contributed by atoms with E-state index in [0.717, 1.165) is 25.3 Å². The van der Waals surface area contributed by atoms with Crippen molar-refractivity contribution in [3.63, 3.8) is 0 Å². The predicted molar refractivity (Wildman–Crippen MR) is 86.0 cm³/mol. The zero-order valence-corrected chi connectivity index (χ0v) is 14.4. The summed E-state index contributed by atoms with van der Waals surface area (Å²) in [6.45, 7) is 12.1. The van der Waals surface area contributed by atoms with Crippen LogP contribution in [-0.4, -0.2) is 42.3 Å². The van der Waals surface area contributed by atoms with E-state index in [-0.39, 0.29) is 13.6 Å². The maximum atomic E-state index is 5.16. The van der Waals surface area contributed by atoms with Crippen molar-refractivity contribution in [2.75, 3.05) is 25.9 Å². The van der Waals surface area contributed by atoms with Gasteiger partial charge in [-0.15, -0.1) is 0 Å². The first-order valence-electron chi connectivity index (χ1n) is 6.75. The summed E-state index contributed by atoms with van der Waals surface area (Å²) in [7, 11) is 0.0219. The highest BCUT2D eigenvalue weighted by Crippen LogP contribution is 2.59. The quantitative estimate of drug-likeness (QED) is 0.790. The van der Waals surface area contributed by atoms with Crippen LogP contribution in [0.3, 0.4) is 0 Å². The average molecular weight is 290 g/mol. The van der Waals surface area contributed by atoms with Crippen LogP contribution in [0.1, 0.15) is 41.0 Å². The molecule has 0 saturated heterocycles. The third kappa shape index (κ3) is 4.42. The second kappa shape index (κ2) is 6.61. The summed E-state index contributed by atoms with van der Waals surface area (Å²) in [6.07, 6.45) is 5.41. The van der Waals surface area contributed by atoms with Crippen LogP contribution in [0.2, 0.25) is 0 Å². The topological polar surface area (TPSA) is 40.0 Å². The van der Waals surface area contributed by atoms with E-state index >= 15 is 0 Å². The van der Waals surface area contributed by atoms with E-state index in [1.54, 1.807) is 0 Å². The fourth-order valence-electron chi connectivity index (χ4n) is 1.85. The number of rotatable bonds is 4.